The van der Waals surface area contributed by atoms with E-state index in [0.717, 1.165) is 22.9 Å². The number of benzene rings is 2. The molecule has 0 unspecified atom stereocenters. The maximum atomic E-state index is 12.5. The molecule has 0 spiro atoms. The molecular formula is C21H20N2O3S2. The second-order valence-electron chi connectivity index (χ2n) is 6.43. The van der Waals surface area contributed by atoms with Gasteiger partial charge >= 0.3 is 0 Å². The zero-order valence-electron chi connectivity index (χ0n) is 15.7. The molecule has 0 fully saturated rings. The van der Waals surface area contributed by atoms with Crippen molar-refractivity contribution < 1.29 is 13.2 Å². The lowest BCUT2D eigenvalue weighted by molar-refractivity contribution is -0.117. The summed E-state index contributed by atoms with van der Waals surface area (Å²) in [6.07, 6.45) is 7.67. The van der Waals surface area contributed by atoms with E-state index in [4.69, 9.17) is 6.42 Å². The highest BCUT2D eigenvalue weighted by atomic mass is 32.2. The first-order valence-electron chi connectivity index (χ1n) is 8.74. The molecule has 5 nitrogen and oxygen atoms in total. The molecule has 1 heterocycles. The highest BCUT2D eigenvalue weighted by molar-refractivity contribution is 7.90. The monoisotopic (exact) mass is 412 g/mol. The van der Waals surface area contributed by atoms with Crippen LogP contribution in [0.2, 0.25) is 0 Å². The van der Waals surface area contributed by atoms with Crippen molar-refractivity contribution in [3.63, 3.8) is 0 Å². The summed E-state index contributed by atoms with van der Waals surface area (Å²) in [5.41, 5.74) is 2.88. The second kappa shape index (κ2) is 8.13. The summed E-state index contributed by atoms with van der Waals surface area (Å²) in [5.74, 6) is 2.31. The Morgan fingerprint density at radius 2 is 1.86 bits per heavy atom. The summed E-state index contributed by atoms with van der Waals surface area (Å²) >= 11 is 1.44. The van der Waals surface area contributed by atoms with Crippen molar-refractivity contribution in [1.29, 1.82) is 0 Å². The Morgan fingerprint density at radius 3 is 2.46 bits per heavy atom. The van der Waals surface area contributed by atoms with Crippen molar-refractivity contribution in [3.8, 4) is 12.3 Å². The van der Waals surface area contributed by atoms with Gasteiger partial charge in [-0.2, -0.15) is 4.99 Å². The number of hydrogen-bond donors (Lipinski definition) is 0. The fraction of sp³-hybridized carbons (Fsp3) is 0.238. The third kappa shape index (κ3) is 4.41. The molecule has 0 atom stereocenters. The highest BCUT2D eigenvalue weighted by Gasteiger charge is 2.10. The molecule has 0 saturated heterocycles. The molecule has 0 saturated carbocycles. The van der Waals surface area contributed by atoms with Gasteiger partial charge in [-0.25, -0.2) is 8.42 Å². The van der Waals surface area contributed by atoms with E-state index in [1.807, 2.05) is 10.6 Å². The number of rotatable bonds is 5. The van der Waals surface area contributed by atoms with Gasteiger partial charge in [0, 0.05) is 6.26 Å². The van der Waals surface area contributed by atoms with Gasteiger partial charge in [-0.05, 0) is 41.8 Å². The van der Waals surface area contributed by atoms with Crippen LogP contribution >= 0.6 is 11.3 Å². The minimum atomic E-state index is -3.26. The van der Waals surface area contributed by atoms with E-state index in [1.165, 1.54) is 29.0 Å². The standard InChI is InChI=1S/C21H20N2O3S2/c1-4-12-23-18-11-8-15(5-2)13-19(18)27-21(23)22-20(24)14-16-6-9-17(10-7-16)28(3,25)26/h1,6-11,13H,5,12,14H2,2-3H3. The number of aryl methyl sites for hydroxylation is 1. The predicted octanol–water partition coefficient (Wildman–Crippen LogP) is 2.97. The normalized spacial score (nSPS) is 12.2. The molecule has 0 aliphatic heterocycles. The SMILES string of the molecule is C#CCn1c(=NC(=O)Cc2ccc(S(C)(=O)=O)cc2)sc2cc(CC)ccc21. The summed E-state index contributed by atoms with van der Waals surface area (Å²) in [6.45, 7) is 2.43. The fourth-order valence-corrected chi connectivity index (χ4v) is 4.58. The third-order valence-electron chi connectivity index (χ3n) is 4.33. The molecule has 1 amide bonds. The van der Waals surface area contributed by atoms with Crippen LogP contribution in [-0.4, -0.2) is 25.1 Å². The molecule has 1 aromatic heterocycles. The van der Waals surface area contributed by atoms with E-state index in [2.05, 4.69) is 30.0 Å². The van der Waals surface area contributed by atoms with E-state index >= 15 is 0 Å². The summed E-state index contributed by atoms with van der Waals surface area (Å²) in [6, 6.07) is 12.4. The van der Waals surface area contributed by atoms with Crippen molar-refractivity contribution in [3.05, 3.63) is 58.4 Å². The molecule has 28 heavy (non-hydrogen) atoms. The number of carbonyl (C=O) groups is 1. The van der Waals surface area contributed by atoms with Gasteiger partial charge in [0.15, 0.2) is 14.6 Å². The first-order chi connectivity index (χ1) is 13.3. The van der Waals surface area contributed by atoms with Crippen LogP contribution in [0, 0.1) is 12.3 Å². The Balaban J connectivity index is 1.93. The lowest BCUT2D eigenvalue weighted by Gasteiger charge is -2.02. The lowest BCUT2D eigenvalue weighted by Crippen LogP contribution is -2.17. The van der Waals surface area contributed by atoms with Gasteiger partial charge in [0.25, 0.3) is 5.91 Å². The van der Waals surface area contributed by atoms with Crippen molar-refractivity contribution in [1.82, 2.24) is 4.57 Å². The van der Waals surface area contributed by atoms with Crippen LogP contribution in [0.4, 0.5) is 0 Å². The van der Waals surface area contributed by atoms with Gasteiger partial charge in [0.1, 0.15) is 0 Å². The van der Waals surface area contributed by atoms with Gasteiger partial charge in [0.05, 0.1) is 28.1 Å². The highest BCUT2D eigenvalue weighted by Crippen LogP contribution is 2.19. The number of amides is 1. The minimum absolute atomic E-state index is 0.0918. The van der Waals surface area contributed by atoms with E-state index in [9.17, 15) is 13.2 Å². The van der Waals surface area contributed by atoms with Gasteiger partial charge in [-0.1, -0.05) is 42.4 Å². The van der Waals surface area contributed by atoms with Gasteiger partial charge < -0.3 is 4.57 Å². The predicted molar refractivity (Wildman–Crippen MR) is 112 cm³/mol. The van der Waals surface area contributed by atoms with E-state index in [-0.39, 0.29) is 17.2 Å². The molecular weight excluding hydrogens is 392 g/mol. The lowest BCUT2D eigenvalue weighted by atomic mass is 10.1. The zero-order chi connectivity index (χ0) is 20.3. The van der Waals surface area contributed by atoms with Crippen molar-refractivity contribution in [2.45, 2.75) is 31.2 Å². The van der Waals surface area contributed by atoms with E-state index < -0.39 is 9.84 Å². The van der Waals surface area contributed by atoms with Gasteiger partial charge in [0.2, 0.25) is 0 Å². The van der Waals surface area contributed by atoms with Crippen LogP contribution in [0.15, 0.2) is 52.4 Å². The summed E-state index contributed by atoms with van der Waals surface area (Å²) in [5, 5.41) is 0. The van der Waals surface area contributed by atoms with E-state index in [0.29, 0.717) is 16.9 Å². The molecule has 3 rings (SSSR count). The number of sulfone groups is 1. The Morgan fingerprint density at radius 1 is 1.18 bits per heavy atom. The summed E-state index contributed by atoms with van der Waals surface area (Å²) in [7, 11) is -3.26. The van der Waals surface area contributed by atoms with Crippen LogP contribution in [0.1, 0.15) is 18.1 Å². The molecule has 0 bridgehead atoms. The summed E-state index contributed by atoms with van der Waals surface area (Å²) < 4.78 is 26.0. The molecule has 0 aliphatic rings. The molecule has 0 N–H and O–H groups in total. The third-order valence-corrected chi connectivity index (χ3v) is 6.50. The first kappa shape index (κ1) is 20.1. The van der Waals surface area contributed by atoms with Crippen LogP contribution in [0.3, 0.4) is 0 Å². The van der Waals surface area contributed by atoms with Crippen molar-refractivity contribution >= 4 is 37.3 Å². The molecule has 0 radical (unpaired) electrons. The van der Waals surface area contributed by atoms with Crippen LogP contribution < -0.4 is 4.80 Å². The first-order valence-corrected chi connectivity index (χ1v) is 11.4. The fourth-order valence-electron chi connectivity index (χ4n) is 2.84. The average Bonchev–Trinajstić information content (AvgIpc) is 2.98. The van der Waals surface area contributed by atoms with E-state index in [1.54, 1.807) is 12.1 Å². The number of nitrogens with zero attached hydrogens (tertiary/aromatic N) is 2. The van der Waals surface area contributed by atoms with Crippen molar-refractivity contribution in [2.75, 3.05) is 6.26 Å². The number of hydrogen-bond acceptors (Lipinski definition) is 4. The van der Waals surface area contributed by atoms with Crippen molar-refractivity contribution in [2.24, 2.45) is 4.99 Å². The van der Waals surface area contributed by atoms with Crippen LogP contribution in [0.25, 0.3) is 10.2 Å². The van der Waals surface area contributed by atoms with Crippen LogP contribution in [0.5, 0.6) is 0 Å². The zero-order valence-corrected chi connectivity index (χ0v) is 17.3. The van der Waals surface area contributed by atoms with Gasteiger partial charge in [-0.15, -0.1) is 6.42 Å². The molecule has 7 heteroatoms. The smallest absolute Gasteiger partial charge is 0.252 e. The van der Waals surface area contributed by atoms with Gasteiger partial charge in [-0.3, -0.25) is 4.79 Å². The van der Waals surface area contributed by atoms with Crippen LogP contribution in [-0.2, 0) is 34.0 Å². The Bertz CT molecular complexity index is 1240. The Hall–Kier alpha value is -2.69. The maximum Gasteiger partial charge on any atom is 0.252 e. The Labute approximate surface area is 168 Å². The number of carbonyl (C=O) groups excluding carboxylic acids is 1. The average molecular weight is 413 g/mol. The number of thiazole rings is 1. The molecule has 2 aromatic carbocycles. The summed E-state index contributed by atoms with van der Waals surface area (Å²) in [4.78, 5) is 17.5. The quantitative estimate of drug-likeness (QED) is 0.605. The largest absolute Gasteiger partial charge is 0.305 e. The molecule has 144 valence electrons. The number of terminal acetylenes is 1. The number of fused-ring (bicyclic) bond motifs is 1. The maximum absolute atomic E-state index is 12.5. The number of aromatic nitrogens is 1. The second-order valence-corrected chi connectivity index (χ2v) is 9.45. The topological polar surface area (TPSA) is 68.5 Å². The molecule has 0 aliphatic carbocycles. The minimum Gasteiger partial charge on any atom is -0.305 e. The Kier molecular flexibility index (Phi) is 5.82. The molecule has 3 aromatic rings.